The third-order valence-corrected chi connectivity index (χ3v) is 6.14. The monoisotopic (exact) mass is 428 g/mol. The van der Waals surface area contributed by atoms with Crippen LogP contribution in [0.15, 0.2) is 48.5 Å². The zero-order valence-corrected chi connectivity index (χ0v) is 18.0. The average molecular weight is 429 g/mol. The topological polar surface area (TPSA) is 65.6 Å². The molecule has 2 atom stereocenters. The fourth-order valence-corrected chi connectivity index (χ4v) is 4.31. The molecule has 4 rings (SSSR count). The van der Waals surface area contributed by atoms with Crippen LogP contribution in [0.3, 0.4) is 0 Å². The van der Waals surface area contributed by atoms with Gasteiger partial charge in [-0.25, -0.2) is 10.9 Å². The molecule has 0 bridgehead atoms. The van der Waals surface area contributed by atoms with Crippen LogP contribution in [-0.2, 0) is 0 Å². The second kappa shape index (κ2) is 9.79. The van der Waals surface area contributed by atoms with Crippen molar-refractivity contribution >= 4 is 17.5 Å². The van der Waals surface area contributed by atoms with Crippen LogP contribution in [-0.4, -0.2) is 42.7 Å². The molecule has 0 aliphatic carbocycles. The van der Waals surface area contributed by atoms with Gasteiger partial charge in [-0.1, -0.05) is 23.7 Å². The van der Waals surface area contributed by atoms with Gasteiger partial charge in [-0.15, -0.1) is 0 Å². The summed E-state index contributed by atoms with van der Waals surface area (Å²) in [5, 5.41) is 3.94. The van der Waals surface area contributed by atoms with Gasteiger partial charge in [0.2, 0.25) is 0 Å². The first-order valence-electron chi connectivity index (χ1n) is 10.7. The van der Waals surface area contributed by atoms with Crippen molar-refractivity contribution in [2.75, 3.05) is 19.7 Å². The summed E-state index contributed by atoms with van der Waals surface area (Å²) in [5.41, 5.74) is 8.75. The summed E-state index contributed by atoms with van der Waals surface area (Å²) in [6, 6.07) is 15.8. The van der Waals surface area contributed by atoms with Gasteiger partial charge in [0.25, 0.3) is 5.91 Å². The molecule has 7 heteroatoms. The van der Waals surface area contributed by atoms with Gasteiger partial charge in [0.05, 0.1) is 12.8 Å². The normalized spacial score (nSPS) is 22.7. The maximum Gasteiger partial charge on any atom is 0.251 e. The van der Waals surface area contributed by atoms with Crippen LogP contribution in [0.25, 0.3) is 0 Å². The van der Waals surface area contributed by atoms with Crippen LogP contribution in [0.2, 0.25) is 5.02 Å². The van der Waals surface area contributed by atoms with E-state index in [1.165, 1.54) is 5.56 Å². The summed E-state index contributed by atoms with van der Waals surface area (Å²) in [4.78, 5) is 15.0. The van der Waals surface area contributed by atoms with Crippen molar-refractivity contribution in [1.82, 2.24) is 21.1 Å². The van der Waals surface area contributed by atoms with Crippen LogP contribution in [0.1, 0.15) is 48.1 Å². The molecule has 2 aliphatic rings. The minimum Gasteiger partial charge on any atom is -0.494 e. The molecule has 2 saturated heterocycles. The van der Waals surface area contributed by atoms with Gasteiger partial charge in [-0.3, -0.25) is 9.69 Å². The number of carbonyl (C=O) groups is 1. The van der Waals surface area contributed by atoms with Crippen molar-refractivity contribution in [1.29, 1.82) is 0 Å². The smallest absolute Gasteiger partial charge is 0.251 e. The van der Waals surface area contributed by atoms with E-state index < -0.39 is 0 Å². The van der Waals surface area contributed by atoms with Gasteiger partial charge in [0.1, 0.15) is 5.75 Å². The van der Waals surface area contributed by atoms with Crippen molar-refractivity contribution in [3.63, 3.8) is 0 Å². The molecule has 2 unspecified atom stereocenters. The molecule has 2 aromatic rings. The molecule has 3 N–H and O–H groups in total. The highest BCUT2D eigenvalue weighted by Gasteiger charge is 2.32. The molecule has 2 aromatic carbocycles. The molecule has 2 heterocycles. The second-order valence-corrected chi connectivity index (χ2v) is 8.32. The first-order chi connectivity index (χ1) is 14.6. The Hall–Kier alpha value is -2.12. The van der Waals surface area contributed by atoms with Crippen LogP contribution < -0.4 is 20.9 Å². The van der Waals surface area contributed by atoms with Crippen molar-refractivity contribution < 1.29 is 9.53 Å². The molecular weight excluding hydrogens is 400 g/mol. The number of benzene rings is 2. The highest BCUT2D eigenvalue weighted by molar-refractivity contribution is 6.30. The summed E-state index contributed by atoms with van der Waals surface area (Å²) in [6.45, 7) is 4.49. The van der Waals surface area contributed by atoms with E-state index in [0.717, 1.165) is 43.1 Å². The van der Waals surface area contributed by atoms with E-state index in [0.29, 0.717) is 18.3 Å². The molecule has 0 radical (unpaired) electrons. The standard InChI is InChI=1S/C23H29ClN4O2/c1-2-30-20-9-5-17(6-10-20)23(29)25-19-11-13-28(14-12-19)22-15-21(26-27-22)16-3-7-18(24)8-4-16/h3-10,19,21-22,26-27H,2,11-15H2,1H3,(H,25,29). The lowest BCUT2D eigenvalue weighted by Crippen LogP contribution is -2.51. The van der Waals surface area contributed by atoms with Crippen molar-refractivity contribution in [2.24, 2.45) is 0 Å². The highest BCUT2D eigenvalue weighted by Crippen LogP contribution is 2.26. The van der Waals surface area contributed by atoms with Gasteiger partial charge in [0, 0.05) is 35.8 Å². The lowest BCUT2D eigenvalue weighted by atomic mass is 10.0. The molecule has 1 amide bonds. The van der Waals surface area contributed by atoms with Crippen LogP contribution in [0, 0.1) is 0 Å². The second-order valence-electron chi connectivity index (χ2n) is 7.89. The first-order valence-corrected chi connectivity index (χ1v) is 11.0. The fraction of sp³-hybridized carbons (Fsp3) is 0.435. The number of rotatable bonds is 6. The van der Waals surface area contributed by atoms with Gasteiger partial charge in [-0.05, 0) is 68.1 Å². The number of ether oxygens (including phenoxy) is 1. The highest BCUT2D eigenvalue weighted by atomic mass is 35.5. The Bertz CT molecular complexity index is 835. The molecule has 160 valence electrons. The molecule has 30 heavy (non-hydrogen) atoms. The third-order valence-electron chi connectivity index (χ3n) is 5.89. The summed E-state index contributed by atoms with van der Waals surface area (Å²) >= 11 is 6.00. The van der Waals surface area contributed by atoms with Gasteiger partial charge >= 0.3 is 0 Å². The molecule has 6 nitrogen and oxygen atoms in total. The molecular formula is C23H29ClN4O2. The van der Waals surface area contributed by atoms with Gasteiger partial charge in [-0.2, -0.15) is 0 Å². The van der Waals surface area contributed by atoms with E-state index in [9.17, 15) is 4.79 Å². The maximum atomic E-state index is 12.5. The average Bonchev–Trinajstić information content (AvgIpc) is 3.26. The Labute approximate surface area is 182 Å². The van der Waals surface area contributed by atoms with E-state index >= 15 is 0 Å². The van der Waals surface area contributed by atoms with E-state index in [2.05, 4.69) is 33.2 Å². The number of halogens is 1. The number of hydrogen-bond donors (Lipinski definition) is 3. The summed E-state index contributed by atoms with van der Waals surface area (Å²) in [5.74, 6) is 0.775. The fourth-order valence-electron chi connectivity index (χ4n) is 4.19. The molecule has 0 spiro atoms. The predicted molar refractivity (Wildman–Crippen MR) is 119 cm³/mol. The van der Waals surface area contributed by atoms with E-state index in [-0.39, 0.29) is 18.0 Å². The SMILES string of the molecule is CCOc1ccc(C(=O)NC2CCN(C3CC(c4ccc(Cl)cc4)NN3)CC2)cc1. The number of carbonyl (C=O) groups excluding carboxylic acids is 1. The van der Waals surface area contributed by atoms with E-state index in [4.69, 9.17) is 16.3 Å². The molecule has 2 fully saturated rings. The van der Waals surface area contributed by atoms with Crippen molar-refractivity contribution in [2.45, 2.75) is 44.4 Å². The number of hydrazine groups is 1. The lowest BCUT2D eigenvalue weighted by Gasteiger charge is -2.35. The maximum absolute atomic E-state index is 12.5. The third kappa shape index (κ3) is 5.13. The summed E-state index contributed by atoms with van der Waals surface area (Å²) in [7, 11) is 0. The number of amides is 1. The quantitative estimate of drug-likeness (QED) is 0.657. The zero-order chi connectivity index (χ0) is 20.9. The minimum atomic E-state index is -0.0139. The summed E-state index contributed by atoms with van der Waals surface area (Å²) in [6.07, 6.45) is 3.21. The Morgan fingerprint density at radius 2 is 1.80 bits per heavy atom. The lowest BCUT2D eigenvalue weighted by molar-refractivity contribution is 0.0880. The Balaban J connectivity index is 1.24. The Kier molecular flexibility index (Phi) is 6.89. The number of piperidine rings is 1. The number of likely N-dealkylation sites (tertiary alicyclic amines) is 1. The predicted octanol–water partition coefficient (Wildman–Crippen LogP) is 3.50. The molecule has 0 saturated carbocycles. The summed E-state index contributed by atoms with van der Waals surface area (Å²) < 4.78 is 5.44. The van der Waals surface area contributed by atoms with Crippen LogP contribution in [0.5, 0.6) is 5.75 Å². The molecule has 2 aliphatic heterocycles. The van der Waals surface area contributed by atoms with Gasteiger partial charge < -0.3 is 10.1 Å². The number of nitrogens with one attached hydrogen (secondary N) is 3. The van der Waals surface area contributed by atoms with E-state index in [1.54, 1.807) is 0 Å². The Morgan fingerprint density at radius 1 is 1.10 bits per heavy atom. The van der Waals surface area contributed by atoms with Crippen LogP contribution >= 0.6 is 11.6 Å². The number of hydrogen-bond acceptors (Lipinski definition) is 5. The largest absolute Gasteiger partial charge is 0.494 e. The number of nitrogens with zero attached hydrogens (tertiary/aromatic N) is 1. The minimum absolute atomic E-state index is 0.0139. The van der Waals surface area contributed by atoms with Gasteiger partial charge in [0.15, 0.2) is 0 Å². The van der Waals surface area contributed by atoms with Crippen molar-refractivity contribution in [3.8, 4) is 5.75 Å². The van der Waals surface area contributed by atoms with E-state index in [1.807, 2.05) is 43.3 Å². The zero-order valence-electron chi connectivity index (χ0n) is 17.2. The first kappa shape index (κ1) is 21.1. The Morgan fingerprint density at radius 3 is 2.47 bits per heavy atom. The van der Waals surface area contributed by atoms with Crippen LogP contribution in [0.4, 0.5) is 0 Å². The molecule has 0 aromatic heterocycles. The van der Waals surface area contributed by atoms with Crippen molar-refractivity contribution in [3.05, 3.63) is 64.7 Å².